The van der Waals surface area contributed by atoms with Crippen molar-refractivity contribution in [1.82, 2.24) is 9.62 Å². The molecule has 1 heterocycles. The molecule has 1 amide bonds. The summed E-state index contributed by atoms with van der Waals surface area (Å²) in [5.74, 6) is 0.0126. The van der Waals surface area contributed by atoms with Crippen LogP contribution in [0.1, 0.15) is 57.4 Å². The number of ether oxygens (including phenoxy) is 1. The van der Waals surface area contributed by atoms with Crippen molar-refractivity contribution in [2.45, 2.75) is 63.2 Å². The number of sulfonamides is 1. The van der Waals surface area contributed by atoms with Crippen LogP contribution in [-0.4, -0.2) is 51.5 Å². The summed E-state index contributed by atoms with van der Waals surface area (Å²) < 4.78 is 32.3. The van der Waals surface area contributed by atoms with E-state index in [0.717, 1.165) is 50.7 Å². The van der Waals surface area contributed by atoms with Gasteiger partial charge in [0.05, 0.1) is 4.90 Å². The topological polar surface area (TPSA) is 75.7 Å². The van der Waals surface area contributed by atoms with Gasteiger partial charge in [-0.25, -0.2) is 8.42 Å². The van der Waals surface area contributed by atoms with Crippen LogP contribution in [0.15, 0.2) is 29.2 Å². The number of piperidine rings is 1. The van der Waals surface area contributed by atoms with E-state index < -0.39 is 10.0 Å². The molecule has 1 saturated heterocycles. The number of carbonyl (C=O) groups is 1. The fourth-order valence-corrected chi connectivity index (χ4v) is 4.70. The van der Waals surface area contributed by atoms with Gasteiger partial charge in [0.15, 0.2) is 0 Å². The standard InChI is InChI=1S/C21H34N2O4S/c1-2-3-17-27-18-7-14-22-21(24)13-10-19-8-11-20(12-9-19)28(25,26)23-15-5-4-6-16-23/h8-9,11-12H,2-7,10,13-18H2,1H3,(H,22,24). The number of aryl methyl sites for hydroxylation is 1. The van der Waals surface area contributed by atoms with Crippen molar-refractivity contribution in [3.8, 4) is 0 Å². The van der Waals surface area contributed by atoms with Crippen LogP contribution in [0.5, 0.6) is 0 Å². The zero-order valence-corrected chi connectivity index (χ0v) is 17.8. The summed E-state index contributed by atoms with van der Waals surface area (Å²) in [6.45, 7) is 5.42. The number of nitrogens with one attached hydrogen (secondary N) is 1. The van der Waals surface area contributed by atoms with Gasteiger partial charge in [0.1, 0.15) is 0 Å². The number of carbonyl (C=O) groups excluding carboxylic acids is 1. The fraction of sp³-hybridized carbons (Fsp3) is 0.667. The smallest absolute Gasteiger partial charge is 0.243 e. The Hall–Kier alpha value is -1.44. The first-order valence-corrected chi connectivity index (χ1v) is 11.9. The molecule has 7 heteroatoms. The molecule has 1 fully saturated rings. The molecular formula is C21H34N2O4S. The number of benzene rings is 1. The van der Waals surface area contributed by atoms with Gasteiger partial charge in [-0.1, -0.05) is 31.9 Å². The average molecular weight is 411 g/mol. The second kappa shape index (κ2) is 12.2. The van der Waals surface area contributed by atoms with E-state index in [9.17, 15) is 13.2 Å². The lowest BCUT2D eigenvalue weighted by Crippen LogP contribution is -2.35. The highest BCUT2D eigenvalue weighted by molar-refractivity contribution is 7.89. The van der Waals surface area contributed by atoms with E-state index in [1.54, 1.807) is 16.4 Å². The minimum Gasteiger partial charge on any atom is -0.381 e. The second-order valence-electron chi connectivity index (χ2n) is 7.28. The molecule has 0 spiro atoms. The number of unbranched alkanes of at least 4 members (excludes halogenated alkanes) is 1. The minimum absolute atomic E-state index is 0.0126. The maximum Gasteiger partial charge on any atom is 0.243 e. The SMILES string of the molecule is CCCCOCCCNC(=O)CCc1ccc(S(=O)(=O)N2CCCCC2)cc1. The van der Waals surface area contributed by atoms with Gasteiger partial charge in [-0.3, -0.25) is 4.79 Å². The summed E-state index contributed by atoms with van der Waals surface area (Å²) in [4.78, 5) is 12.3. The van der Waals surface area contributed by atoms with Crippen LogP contribution >= 0.6 is 0 Å². The molecule has 0 bridgehead atoms. The van der Waals surface area contributed by atoms with Crippen molar-refractivity contribution in [2.24, 2.45) is 0 Å². The molecule has 0 saturated carbocycles. The molecule has 1 aliphatic rings. The monoisotopic (exact) mass is 410 g/mol. The molecule has 0 atom stereocenters. The highest BCUT2D eigenvalue weighted by Crippen LogP contribution is 2.21. The van der Waals surface area contributed by atoms with Crippen LogP contribution in [0.25, 0.3) is 0 Å². The first-order chi connectivity index (χ1) is 13.5. The lowest BCUT2D eigenvalue weighted by molar-refractivity contribution is -0.121. The molecule has 28 heavy (non-hydrogen) atoms. The maximum atomic E-state index is 12.6. The predicted octanol–water partition coefficient (Wildman–Crippen LogP) is 3.12. The van der Waals surface area contributed by atoms with Gasteiger partial charge in [0, 0.05) is 39.3 Å². The first kappa shape index (κ1) is 22.8. The number of nitrogens with zero attached hydrogens (tertiary/aromatic N) is 1. The van der Waals surface area contributed by atoms with Gasteiger partial charge in [-0.05, 0) is 49.8 Å². The molecule has 0 unspecified atom stereocenters. The quantitative estimate of drug-likeness (QED) is 0.537. The van der Waals surface area contributed by atoms with Gasteiger partial charge in [-0.15, -0.1) is 0 Å². The molecule has 6 nitrogen and oxygen atoms in total. The normalized spacial score (nSPS) is 15.5. The van der Waals surface area contributed by atoms with E-state index in [-0.39, 0.29) is 5.91 Å². The first-order valence-electron chi connectivity index (χ1n) is 10.5. The largest absolute Gasteiger partial charge is 0.381 e. The second-order valence-corrected chi connectivity index (χ2v) is 9.22. The van der Waals surface area contributed by atoms with Crippen LogP contribution in [0.4, 0.5) is 0 Å². The Bertz CT molecular complexity index is 683. The van der Waals surface area contributed by atoms with Crippen molar-refractivity contribution < 1.29 is 17.9 Å². The zero-order chi connectivity index (χ0) is 20.2. The summed E-state index contributed by atoms with van der Waals surface area (Å²) >= 11 is 0. The molecular weight excluding hydrogens is 376 g/mol. The Labute approximate surface area is 169 Å². The Balaban J connectivity index is 1.70. The number of rotatable bonds is 12. The molecule has 0 radical (unpaired) electrons. The van der Waals surface area contributed by atoms with Crippen LogP contribution in [-0.2, 0) is 26.0 Å². The van der Waals surface area contributed by atoms with Gasteiger partial charge < -0.3 is 10.1 Å². The van der Waals surface area contributed by atoms with Gasteiger partial charge >= 0.3 is 0 Å². The summed E-state index contributed by atoms with van der Waals surface area (Å²) in [6, 6.07) is 6.94. The molecule has 2 rings (SSSR count). The lowest BCUT2D eigenvalue weighted by Gasteiger charge is -2.25. The summed E-state index contributed by atoms with van der Waals surface area (Å²) in [6.07, 6.45) is 6.97. The predicted molar refractivity (Wildman–Crippen MR) is 111 cm³/mol. The third kappa shape index (κ3) is 7.53. The Morgan fingerprint density at radius 2 is 1.75 bits per heavy atom. The fourth-order valence-electron chi connectivity index (χ4n) is 3.18. The molecule has 0 aliphatic carbocycles. The molecule has 158 valence electrons. The number of hydrogen-bond donors (Lipinski definition) is 1. The summed E-state index contributed by atoms with van der Waals surface area (Å²) in [5, 5.41) is 2.90. The van der Waals surface area contributed by atoms with E-state index >= 15 is 0 Å². The summed E-state index contributed by atoms with van der Waals surface area (Å²) in [7, 11) is -3.39. The van der Waals surface area contributed by atoms with E-state index in [1.807, 2.05) is 12.1 Å². The molecule has 1 N–H and O–H groups in total. The van der Waals surface area contributed by atoms with Gasteiger partial charge in [-0.2, -0.15) is 4.31 Å². The summed E-state index contributed by atoms with van der Waals surface area (Å²) in [5.41, 5.74) is 0.968. The Kier molecular flexibility index (Phi) is 9.95. The van der Waals surface area contributed by atoms with Crippen LogP contribution in [0.2, 0.25) is 0 Å². The maximum absolute atomic E-state index is 12.6. The minimum atomic E-state index is -3.39. The molecule has 1 aromatic carbocycles. The molecule has 1 aromatic rings. The Morgan fingerprint density at radius 3 is 2.43 bits per heavy atom. The van der Waals surface area contributed by atoms with Gasteiger partial charge in [0.2, 0.25) is 15.9 Å². The molecule has 0 aromatic heterocycles. The van der Waals surface area contributed by atoms with Crippen LogP contribution < -0.4 is 5.32 Å². The van der Waals surface area contributed by atoms with Crippen molar-refractivity contribution in [3.05, 3.63) is 29.8 Å². The van der Waals surface area contributed by atoms with E-state index in [2.05, 4.69) is 12.2 Å². The van der Waals surface area contributed by atoms with Crippen molar-refractivity contribution in [3.63, 3.8) is 0 Å². The van der Waals surface area contributed by atoms with Crippen molar-refractivity contribution >= 4 is 15.9 Å². The lowest BCUT2D eigenvalue weighted by atomic mass is 10.1. The van der Waals surface area contributed by atoms with Crippen LogP contribution in [0, 0.1) is 0 Å². The highest BCUT2D eigenvalue weighted by Gasteiger charge is 2.25. The van der Waals surface area contributed by atoms with E-state index in [1.165, 1.54) is 0 Å². The van der Waals surface area contributed by atoms with E-state index in [4.69, 9.17) is 4.74 Å². The average Bonchev–Trinajstić information content (AvgIpc) is 2.72. The van der Waals surface area contributed by atoms with Crippen molar-refractivity contribution in [1.29, 1.82) is 0 Å². The third-order valence-corrected chi connectivity index (χ3v) is 6.86. The Morgan fingerprint density at radius 1 is 1.07 bits per heavy atom. The molecule has 1 aliphatic heterocycles. The van der Waals surface area contributed by atoms with Crippen LogP contribution in [0.3, 0.4) is 0 Å². The number of amides is 1. The zero-order valence-electron chi connectivity index (χ0n) is 17.0. The highest BCUT2D eigenvalue weighted by atomic mass is 32.2. The van der Waals surface area contributed by atoms with Crippen molar-refractivity contribution in [2.75, 3.05) is 32.8 Å². The van der Waals surface area contributed by atoms with E-state index in [0.29, 0.717) is 44.0 Å². The third-order valence-electron chi connectivity index (χ3n) is 4.95. The van der Waals surface area contributed by atoms with Gasteiger partial charge in [0.25, 0.3) is 0 Å². The number of hydrogen-bond acceptors (Lipinski definition) is 4.